The largest absolute Gasteiger partial charge is 0.444 e. The second-order valence-corrected chi connectivity index (χ2v) is 5.47. The van der Waals surface area contributed by atoms with Crippen LogP contribution in [0.15, 0.2) is 24.3 Å². The van der Waals surface area contributed by atoms with Crippen molar-refractivity contribution < 1.29 is 19.2 Å². The molecule has 0 atom stereocenters. The second-order valence-electron chi connectivity index (χ2n) is 5.47. The van der Waals surface area contributed by atoms with Crippen molar-refractivity contribution in [3.8, 4) is 0 Å². The number of non-ortho nitro benzene ring substituents is 1. The Bertz CT molecular complexity index is 602. The summed E-state index contributed by atoms with van der Waals surface area (Å²) in [5.41, 5.74) is 0.0251. The first-order valence-corrected chi connectivity index (χ1v) is 6.60. The first-order chi connectivity index (χ1) is 10.2. The zero-order valence-corrected chi connectivity index (χ0v) is 12.7. The predicted molar refractivity (Wildman–Crippen MR) is 81.8 cm³/mol. The Morgan fingerprint density at radius 1 is 1.36 bits per heavy atom. The number of rotatable bonds is 5. The summed E-state index contributed by atoms with van der Waals surface area (Å²) in [5, 5.41) is 13.2. The highest BCUT2D eigenvalue weighted by Crippen LogP contribution is 2.17. The van der Waals surface area contributed by atoms with E-state index in [0.717, 1.165) is 0 Å². The van der Waals surface area contributed by atoms with Crippen LogP contribution in [0, 0.1) is 10.1 Å². The van der Waals surface area contributed by atoms with Gasteiger partial charge in [-0.3, -0.25) is 14.9 Å². The highest BCUT2D eigenvalue weighted by Gasteiger charge is 2.15. The van der Waals surface area contributed by atoms with E-state index in [9.17, 15) is 19.7 Å². The van der Waals surface area contributed by atoms with Crippen LogP contribution in [0.2, 0.25) is 0 Å². The molecule has 0 spiro atoms. The molecule has 1 N–H and O–H groups in total. The van der Waals surface area contributed by atoms with Crippen molar-refractivity contribution in [2.24, 2.45) is 0 Å². The minimum absolute atomic E-state index is 0.147. The van der Waals surface area contributed by atoms with Crippen LogP contribution in [0.5, 0.6) is 0 Å². The molecule has 0 radical (unpaired) electrons. The number of aldehydes is 1. The number of nitro benzene ring substituents is 1. The molecule has 1 amide bonds. The molecule has 0 aliphatic heterocycles. The summed E-state index contributed by atoms with van der Waals surface area (Å²) in [7, 11) is 0. The number of carbonyl (C=O) groups is 2. The van der Waals surface area contributed by atoms with Gasteiger partial charge in [-0.15, -0.1) is 0 Å². The van der Waals surface area contributed by atoms with Gasteiger partial charge in [-0.2, -0.15) is 0 Å². The molecule has 7 nitrogen and oxygen atoms in total. The number of nitro groups is 1. The molecule has 0 aliphatic rings. The summed E-state index contributed by atoms with van der Waals surface area (Å²) in [6, 6.07) is 3.99. The average Bonchev–Trinajstić information content (AvgIpc) is 2.41. The van der Waals surface area contributed by atoms with Crippen LogP contribution in [-0.2, 0) is 4.74 Å². The van der Waals surface area contributed by atoms with Crippen molar-refractivity contribution in [3.05, 3.63) is 45.5 Å². The summed E-state index contributed by atoms with van der Waals surface area (Å²) in [6.45, 7) is 5.49. The molecule has 0 aromatic heterocycles. The minimum atomic E-state index is -0.573. The van der Waals surface area contributed by atoms with Gasteiger partial charge in [0.1, 0.15) is 5.60 Å². The summed E-state index contributed by atoms with van der Waals surface area (Å²) in [5.74, 6) is 0. The van der Waals surface area contributed by atoms with Gasteiger partial charge in [-0.1, -0.05) is 12.2 Å². The van der Waals surface area contributed by atoms with Crippen LogP contribution >= 0.6 is 0 Å². The highest BCUT2D eigenvalue weighted by molar-refractivity contribution is 5.83. The van der Waals surface area contributed by atoms with Gasteiger partial charge in [0, 0.05) is 24.2 Å². The third-order valence-electron chi connectivity index (χ3n) is 2.47. The number of ether oxygens (including phenoxy) is 1. The topological polar surface area (TPSA) is 98.5 Å². The average molecular weight is 306 g/mol. The van der Waals surface area contributed by atoms with Crippen molar-refractivity contribution in [2.45, 2.75) is 26.4 Å². The van der Waals surface area contributed by atoms with Gasteiger partial charge in [0.25, 0.3) is 5.69 Å². The zero-order chi connectivity index (χ0) is 16.8. The molecule has 1 rings (SSSR count). The Labute approximate surface area is 128 Å². The lowest BCUT2D eigenvalue weighted by Crippen LogP contribution is -2.32. The molecule has 118 valence electrons. The van der Waals surface area contributed by atoms with Crippen LogP contribution in [-0.4, -0.2) is 29.4 Å². The number of amides is 1. The van der Waals surface area contributed by atoms with Crippen molar-refractivity contribution in [1.29, 1.82) is 0 Å². The number of hydrogen-bond acceptors (Lipinski definition) is 5. The number of carbonyl (C=O) groups excluding carboxylic acids is 2. The maximum absolute atomic E-state index is 11.4. The Balaban J connectivity index is 2.65. The number of hydrogen-bond donors (Lipinski definition) is 1. The molecular weight excluding hydrogens is 288 g/mol. The second kappa shape index (κ2) is 7.35. The van der Waals surface area contributed by atoms with Gasteiger partial charge < -0.3 is 10.1 Å². The van der Waals surface area contributed by atoms with Gasteiger partial charge >= 0.3 is 6.09 Å². The molecule has 0 bridgehead atoms. The van der Waals surface area contributed by atoms with Crippen LogP contribution in [0.3, 0.4) is 0 Å². The molecule has 0 saturated carbocycles. The van der Waals surface area contributed by atoms with Crippen LogP contribution in [0.1, 0.15) is 36.7 Å². The Kier molecular flexibility index (Phi) is 5.80. The molecule has 7 heteroatoms. The summed E-state index contributed by atoms with van der Waals surface area (Å²) in [6.07, 6.45) is 3.23. The third-order valence-corrected chi connectivity index (χ3v) is 2.47. The van der Waals surface area contributed by atoms with Crippen molar-refractivity contribution in [3.63, 3.8) is 0 Å². The third kappa shape index (κ3) is 5.74. The first kappa shape index (κ1) is 17.4. The van der Waals surface area contributed by atoms with Crippen LogP contribution < -0.4 is 5.32 Å². The van der Waals surface area contributed by atoms with Crippen molar-refractivity contribution in [2.75, 3.05) is 6.54 Å². The zero-order valence-electron chi connectivity index (χ0n) is 12.7. The molecule has 1 aromatic rings. The van der Waals surface area contributed by atoms with E-state index in [-0.39, 0.29) is 17.8 Å². The van der Waals surface area contributed by atoms with E-state index in [2.05, 4.69) is 5.32 Å². The predicted octanol–water partition coefficient (Wildman–Crippen LogP) is 2.95. The van der Waals surface area contributed by atoms with E-state index in [4.69, 9.17) is 4.74 Å². The van der Waals surface area contributed by atoms with E-state index < -0.39 is 16.6 Å². The molecule has 0 unspecified atom stereocenters. The van der Waals surface area contributed by atoms with Gasteiger partial charge in [-0.05, 0) is 32.4 Å². The number of nitrogens with zero attached hydrogens (tertiary/aromatic N) is 1. The molecule has 0 fully saturated rings. The molecule has 22 heavy (non-hydrogen) atoms. The van der Waals surface area contributed by atoms with Crippen molar-refractivity contribution in [1.82, 2.24) is 5.32 Å². The fraction of sp³-hybridized carbons (Fsp3) is 0.333. The van der Waals surface area contributed by atoms with E-state index in [1.54, 1.807) is 32.9 Å². The monoisotopic (exact) mass is 306 g/mol. The number of nitrogens with one attached hydrogen (secondary N) is 1. The summed E-state index contributed by atoms with van der Waals surface area (Å²) in [4.78, 5) is 32.4. The minimum Gasteiger partial charge on any atom is -0.444 e. The lowest BCUT2D eigenvalue weighted by atomic mass is 10.1. The van der Waals surface area contributed by atoms with Gasteiger partial charge in [0.05, 0.1) is 4.92 Å². The number of alkyl carbamates (subject to hydrolysis) is 1. The maximum Gasteiger partial charge on any atom is 0.407 e. The van der Waals surface area contributed by atoms with Gasteiger partial charge in [0.2, 0.25) is 0 Å². The number of benzene rings is 1. The fourth-order valence-corrected chi connectivity index (χ4v) is 1.57. The van der Waals surface area contributed by atoms with Crippen LogP contribution in [0.25, 0.3) is 6.08 Å². The van der Waals surface area contributed by atoms with Gasteiger partial charge in [-0.25, -0.2) is 4.79 Å². The van der Waals surface area contributed by atoms with Crippen LogP contribution in [0.4, 0.5) is 10.5 Å². The van der Waals surface area contributed by atoms with E-state index >= 15 is 0 Å². The normalized spacial score (nSPS) is 11.2. The van der Waals surface area contributed by atoms with E-state index in [1.165, 1.54) is 18.2 Å². The molecule has 0 aliphatic carbocycles. The fourth-order valence-electron chi connectivity index (χ4n) is 1.57. The summed E-state index contributed by atoms with van der Waals surface area (Å²) < 4.78 is 5.06. The highest BCUT2D eigenvalue weighted by atomic mass is 16.6. The molecule has 0 saturated heterocycles. The van der Waals surface area contributed by atoms with Crippen molar-refractivity contribution >= 4 is 24.1 Å². The Hall–Kier alpha value is -2.70. The lowest BCUT2D eigenvalue weighted by Gasteiger charge is -2.19. The SMILES string of the molecule is CC(C)(C)OC(=O)NCC=Cc1ccc([N+](=O)[O-])cc1C=O. The first-order valence-electron chi connectivity index (χ1n) is 6.60. The Morgan fingerprint density at radius 3 is 2.59 bits per heavy atom. The van der Waals surface area contributed by atoms with Gasteiger partial charge in [0.15, 0.2) is 6.29 Å². The summed E-state index contributed by atoms with van der Waals surface area (Å²) >= 11 is 0. The van der Waals surface area contributed by atoms with E-state index in [1.807, 2.05) is 0 Å². The molecule has 1 aromatic carbocycles. The molecule has 0 heterocycles. The maximum atomic E-state index is 11.4. The molecular formula is C15H18N2O5. The van der Waals surface area contributed by atoms with E-state index in [0.29, 0.717) is 11.8 Å². The standard InChI is InChI=1S/C15H18N2O5/c1-15(2,3)22-14(19)16-8-4-5-11-6-7-13(17(20)21)9-12(11)10-18/h4-7,9-10H,8H2,1-3H3,(H,16,19). The smallest absolute Gasteiger partial charge is 0.407 e. The Morgan fingerprint density at radius 2 is 2.05 bits per heavy atom. The quantitative estimate of drug-likeness (QED) is 0.512. The lowest BCUT2D eigenvalue weighted by molar-refractivity contribution is -0.384.